The van der Waals surface area contributed by atoms with E-state index in [9.17, 15) is 27.9 Å². The number of nitrogens with one attached hydrogen (secondary N) is 2. The van der Waals surface area contributed by atoms with Crippen molar-refractivity contribution in [3.05, 3.63) is 59.2 Å². The van der Waals surface area contributed by atoms with Crippen molar-refractivity contribution in [2.75, 3.05) is 31.6 Å². The number of carbonyl (C=O) groups excluding carboxylic acids is 2. The van der Waals surface area contributed by atoms with Crippen LogP contribution >= 0.6 is 0 Å². The van der Waals surface area contributed by atoms with Gasteiger partial charge in [-0.15, -0.1) is 0 Å². The Balaban J connectivity index is 1.53. The number of urea groups is 1. The maximum absolute atomic E-state index is 12.8. The predicted octanol–water partition coefficient (Wildman–Crippen LogP) is 3.81. The van der Waals surface area contributed by atoms with Gasteiger partial charge in [0, 0.05) is 19.6 Å². The summed E-state index contributed by atoms with van der Waals surface area (Å²) < 4.78 is 43.5. The van der Waals surface area contributed by atoms with E-state index in [4.69, 9.17) is 4.74 Å². The molecule has 1 saturated heterocycles. The number of ether oxygens (including phenoxy) is 1. The highest BCUT2D eigenvalue weighted by molar-refractivity contribution is 6.04. The van der Waals surface area contributed by atoms with E-state index in [1.54, 1.807) is 30.0 Å². The molecule has 0 saturated carbocycles. The van der Waals surface area contributed by atoms with Crippen LogP contribution in [0.3, 0.4) is 0 Å². The Morgan fingerprint density at radius 3 is 2.55 bits per heavy atom. The van der Waals surface area contributed by atoms with Crippen molar-refractivity contribution in [1.29, 1.82) is 0 Å². The lowest BCUT2D eigenvalue weighted by atomic mass is 10.1. The van der Waals surface area contributed by atoms with Gasteiger partial charge in [0.1, 0.15) is 18.5 Å². The number of anilines is 1. The average Bonchev–Trinajstić information content (AvgIpc) is 3.32. The Kier molecular flexibility index (Phi) is 7.80. The van der Waals surface area contributed by atoms with Crippen molar-refractivity contribution in [3.63, 3.8) is 0 Å². The standard InChI is InChI=1S/C23H26F3N3O4/c1-15-6-4-9-19(21(31)29-10-2-3-11-29)20(15)28-22(32)27-13-17(30)14-33-18-8-5-7-16(12-18)23(24,25)26/h4-9,12,17,30H,2-3,10-11,13-14H2,1H3,(H2,27,28,32). The number of likely N-dealkylation sites (tertiary alicyclic amines) is 1. The lowest BCUT2D eigenvalue weighted by Crippen LogP contribution is -2.38. The fraction of sp³-hybridized carbons (Fsp3) is 0.391. The monoisotopic (exact) mass is 465 g/mol. The van der Waals surface area contributed by atoms with Gasteiger partial charge in [-0.1, -0.05) is 18.2 Å². The van der Waals surface area contributed by atoms with Gasteiger partial charge in [-0.25, -0.2) is 4.79 Å². The normalized spacial score (nSPS) is 14.6. The average molecular weight is 465 g/mol. The highest BCUT2D eigenvalue weighted by atomic mass is 19.4. The quantitative estimate of drug-likeness (QED) is 0.580. The number of para-hydroxylation sites is 1. The van der Waals surface area contributed by atoms with E-state index in [0.717, 1.165) is 25.0 Å². The van der Waals surface area contributed by atoms with Crippen molar-refractivity contribution in [2.45, 2.75) is 32.0 Å². The Bertz CT molecular complexity index is 991. The first kappa shape index (κ1) is 24.4. The van der Waals surface area contributed by atoms with E-state index in [1.165, 1.54) is 12.1 Å². The number of aliphatic hydroxyl groups excluding tert-OH is 1. The number of nitrogens with zero attached hydrogens (tertiary/aromatic N) is 1. The van der Waals surface area contributed by atoms with Crippen LogP contribution in [-0.2, 0) is 6.18 Å². The Morgan fingerprint density at radius 1 is 1.15 bits per heavy atom. The summed E-state index contributed by atoms with van der Waals surface area (Å²) in [5.74, 6) is -0.195. The number of aliphatic hydroxyl groups is 1. The summed E-state index contributed by atoms with van der Waals surface area (Å²) in [6, 6.07) is 8.86. The van der Waals surface area contributed by atoms with E-state index in [1.807, 2.05) is 0 Å². The van der Waals surface area contributed by atoms with Gasteiger partial charge in [0.05, 0.1) is 16.8 Å². The molecule has 178 valence electrons. The van der Waals surface area contributed by atoms with Crippen LogP contribution in [0.1, 0.15) is 34.3 Å². The number of aryl methyl sites for hydroxylation is 1. The fourth-order valence-electron chi connectivity index (χ4n) is 3.48. The van der Waals surface area contributed by atoms with E-state index in [2.05, 4.69) is 10.6 Å². The summed E-state index contributed by atoms with van der Waals surface area (Å²) in [5, 5.41) is 15.2. The maximum atomic E-state index is 12.8. The molecule has 1 heterocycles. The Labute approximate surface area is 189 Å². The minimum atomic E-state index is -4.50. The number of rotatable bonds is 7. The molecule has 0 aromatic heterocycles. The number of hydrogen-bond donors (Lipinski definition) is 3. The zero-order chi connectivity index (χ0) is 24.0. The molecule has 33 heavy (non-hydrogen) atoms. The molecule has 0 aliphatic carbocycles. The number of carbonyl (C=O) groups is 2. The predicted molar refractivity (Wildman–Crippen MR) is 116 cm³/mol. The zero-order valence-electron chi connectivity index (χ0n) is 18.1. The van der Waals surface area contributed by atoms with Gasteiger partial charge in [-0.3, -0.25) is 4.79 Å². The largest absolute Gasteiger partial charge is 0.491 e. The van der Waals surface area contributed by atoms with Crippen LogP contribution < -0.4 is 15.4 Å². The minimum Gasteiger partial charge on any atom is -0.491 e. The van der Waals surface area contributed by atoms with E-state index < -0.39 is 23.9 Å². The SMILES string of the molecule is Cc1cccc(C(=O)N2CCCC2)c1NC(=O)NCC(O)COc1cccc(C(F)(F)F)c1. The van der Waals surface area contributed by atoms with Gasteiger partial charge in [-0.05, 0) is 49.6 Å². The highest BCUT2D eigenvalue weighted by Crippen LogP contribution is 2.31. The van der Waals surface area contributed by atoms with Gasteiger partial charge in [-0.2, -0.15) is 13.2 Å². The second-order valence-corrected chi connectivity index (χ2v) is 7.82. The summed E-state index contributed by atoms with van der Waals surface area (Å²) >= 11 is 0. The molecule has 0 bridgehead atoms. The number of halogens is 3. The van der Waals surface area contributed by atoms with Crippen LogP contribution in [0, 0.1) is 6.92 Å². The molecule has 3 rings (SSSR count). The van der Waals surface area contributed by atoms with E-state index in [-0.39, 0.29) is 24.8 Å². The molecule has 1 aliphatic rings. The molecule has 0 spiro atoms. The molecule has 0 radical (unpaired) electrons. The molecule has 1 unspecified atom stereocenters. The van der Waals surface area contributed by atoms with Crippen LogP contribution in [0.5, 0.6) is 5.75 Å². The molecular weight excluding hydrogens is 439 g/mol. The molecule has 7 nitrogen and oxygen atoms in total. The van der Waals surface area contributed by atoms with Gasteiger partial charge in [0.15, 0.2) is 0 Å². The van der Waals surface area contributed by atoms with Crippen LogP contribution in [0.15, 0.2) is 42.5 Å². The molecule has 2 aromatic rings. The second-order valence-electron chi connectivity index (χ2n) is 7.82. The first-order valence-electron chi connectivity index (χ1n) is 10.6. The summed E-state index contributed by atoms with van der Waals surface area (Å²) in [7, 11) is 0. The summed E-state index contributed by atoms with van der Waals surface area (Å²) in [4.78, 5) is 26.9. The second kappa shape index (κ2) is 10.6. The van der Waals surface area contributed by atoms with Crippen molar-refractivity contribution < 1.29 is 32.6 Å². The first-order chi connectivity index (χ1) is 15.6. The molecular formula is C23H26F3N3O4. The van der Waals surface area contributed by atoms with Gasteiger partial charge in [0.2, 0.25) is 0 Å². The van der Waals surface area contributed by atoms with Crippen LogP contribution in [0.2, 0.25) is 0 Å². The van der Waals surface area contributed by atoms with E-state index >= 15 is 0 Å². The van der Waals surface area contributed by atoms with Crippen LogP contribution in [0.25, 0.3) is 0 Å². The molecule has 2 aromatic carbocycles. The van der Waals surface area contributed by atoms with E-state index in [0.29, 0.717) is 29.9 Å². The van der Waals surface area contributed by atoms with Gasteiger partial charge >= 0.3 is 12.2 Å². The van der Waals surface area contributed by atoms with Crippen molar-refractivity contribution in [1.82, 2.24) is 10.2 Å². The number of hydrogen-bond acceptors (Lipinski definition) is 4. The third-order valence-electron chi connectivity index (χ3n) is 5.24. The van der Waals surface area contributed by atoms with Crippen molar-refractivity contribution >= 4 is 17.6 Å². The molecule has 1 atom stereocenters. The van der Waals surface area contributed by atoms with Gasteiger partial charge in [0.25, 0.3) is 5.91 Å². The minimum absolute atomic E-state index is 0.0432. The topological polar surface area (TPSA) is 90.9 Å². The number of benzene rings is 2. The third kappa shape index (κ3) is 6.61. The van der Waals surface area contributed by atoms with Crippen LogP contribution in [-0.4, -0.2) is 54.3 Å². The number of amides is 3. The molecule has 1 fully saturated rings. The summed E-state index contributed by atoms with van der Waals surface area (Å²) in [5.41, 5.74) is 0.634. The molecule has 3 N–H and O–H groups in total. The lowest BCUT2D eigenvalue weighted by molar-refractivity contribution is -0.137. The van der Waals surface area contributed by atoms with Crippen LogP contribution in [0.4, 0.5) is 23.7 Å². The summed E-state index contributed by atoms with van der Waals surface area (Å²) in [6.07, 6.45) is -3.77. The summed E-state index contributed by atoms with van der Waals surface area (Å²) in [6.45, 7) is 2.61. The third-order valence-corrected chi connectivity index (χ3v) is 5.24. The van der Waals surface area contributed by atoms with Crippen molar-refractivity contribution in [2.24, 2.45) is 0 Å². The van der Waals surface area contributed by atoms with Crippen molar-refractivity contribution in [3.8, 4) is 5.75 Å². The molecule has 3 amide bonds. The van der Waals surface area contributed by atoms with Gasteiger partial charge < -0.3 is 25.4 Å². The Hall–Kier alpha value is -3.27. The maximum Gasteiger partial charge on any atom is 0.416 e. The smallest absolute Gasteiger partial charge is 0.416 e. The molecule has 10 heteroatoms. The number of alkyl halides is 3. The highest BCUT2D eigenvalue weighted by Gasteiger charge is 2.30. The molecule has 1 aliphatic heterocycles. The Morgan fingerprint density at radius 2 is 1.85 bits per heavy atom. The fourth-order valence-corrected chi connectivity index (χ4v) is 3.48. The first-order valence-corrected chi connectivity index (χ1v) is 10.6. The lowest BCUT2D eigenvalue weighted by Gasteiger charge is -2.20. The zero-order valence-corrected chi connectivity index (χ0v) is 18.1.